The van der Waals surface area contributed by atoms with E-state index in [0.717, 1.165) is 6.54 Å². The van der Waals surface area contributed by atoms with Crippen molar-refractivity contribution in [3.63, 3.8) is 0 Å². The van der Waals surface area contributed by atoms with Gasteiger partial charge in [0.25, 0.3) is 0 Å². The molecule has 1 unspecified atom stereocenters. The molecule has 1 fully saturated rings. The maximum absolute atomic E-state index is 11.5. The van der Waals surface area contributed by atoms with Crippen molar-refractivity contribution < 1.29 is 4.79 Å². The molecule has 2 heterocycles. The molecule has 0 bridgehead atoms. The molecule has 0 saturated carbocycles. The van der Waals surface area contributed by atoms with Gasteiger partial charge in [-0.05, 0) is 23.8 Å². The first-order valence-electron chi connectivity index (χ1n) is 4.70. The number of carbonyl (C=O) groups excluding carboxylic acids is 1. The molecule has 0 radical (unpaired) electrons. The number of aromatic nitrogens is 2. The van der Waals surface area contributed by atoms with Gasteiger partial charge in [0, 0.05) is 18.9 Å². The first-order chi connectivity index (χ1) is 6.86. The summed E-state index contributed by atoms with van der Waals surface area (Å²) in [5, 5.41) is 2.90. The summed E-state index contributed by atoms with van der Waals surface area (Å²) in [5.74, 6) is 3.04. The Balaban J connectivity index is 1.78. The molecule has 1 N–H and O–H groups in total. The fourth-order valence-corrected chi connectivity index (χ4v) is 2.73. The fourth-order valence-electron chi connectivity index (χ4n) is 1.45. The summed E-state index contributed by atoms with van der Waals surface area (Å²) in [6.07, 6.45) is 5.98. The molecule has 1 aliphatic rings. The number of amides is 1. The van der Waals surface area contributed by atoms with Crippen molar-refractivity contribution in [2.45, 2.75) is 6.42 Å². The minimum absolute atomic E-state index is 0.0839. The van der Waals surface area contributed by atoms with Crippen molar-refractivity contribution in [2.24, 2.45) is 5.92 Å². The molecule has 14 heavy (non-hydrogen) atoms. The summed E-state index contributed by atoms with van der Waals surface area (Å²) < 4.78 is 1.46. The monoisotopic (exact) mass is 211 g/mol. The standard InChI is InChI=1S/C9H13N3OS/c13-9(12-3-2-10-7-12)11-5-8-1-4-14-6-8/h2-3,7-8H,1,4-6H2,(H,11,13). The highest BCUT2D eigenvalue weighted by atomic mass is 32.2. The molecule has 1 aromatic rings. The van der Waals surface area contributed by atoms with Gasteiger partial charge in [0.15, 0.2) is 0 Å². The number of rotatable bonds is 2. The van der Waals surface area contributed by atoms with Crippen LogP contribution in [-0.2, 0) is 0 Å². The van der Waals surface area contributed by atoms with Crippen LogP contribution >= 0.6 is 11.8 Å². The summed E-state index contributed by atoms with van der Waals surface area (Å²) in [6.45, 7) is 0.782. The van der Waals surface area contributed by atoms with Crippen LogP contribution in [0.4, 0.5) is 4.79 Å². The van der Waals surface area contributed by atoms with Crippen molar-refractivity contribution >= 4 is 17.8 Å². The van der Waals surface area contributed by atoms with Crippen molar-refractivity contribution in [1.29, 1.82) is 0 Å². The molecule has 1 aliphatic heterocycles. The largest absolute Gasteiger partial charge is 0.337 e. The van der Waals surface area contributed by atoms with Crippen LogP contribution in [-0.4, -0.2) is 33.6 Å². The molecule has 0 spiro atoms. The number of hydrogen-bond donors (Lipinski definition) is 1. The Morgan fingerprint density at radius 3 is 3.29 bits per heavy atom. The van der Waals surface area contributed by atoms with Crippen molar-refractivity contribution in [2.75, 3.05) is 18.1 Å². The lowest BCUT2D eigenvalue weighted by atomic mass is 10.1. The molecule has 1 saturated heterocycles. The number of thioether (sulfide) groups is 1. The van der Waals surface area contributed by atoms with Gasteiger partial charge < -0.3 is 5.32 Å². The number of hydrogen-bond acceptors (Lipinski definition) is 3. The molecule has 2 rings (SSSR count). The van der Waals surface area contributed by atoms with Crippen molar-refractivity contribution in [3.05, 3.63) is 18.7 Å². The van der Waals surface area contributed by atoms with Crippen LogP contribution in [0.1, 0.15) is 6.42 Å². The molecule has 5 heteroatoms. The lowest BCUT2D eigenvalue weighted by Crippen LogP contribution is -2.32. The van der Waals surface area contributed by atoms with Gasteiger partial charge in [-0.25, -0.2) is 9.78 Å². The second-order valence-electron chi connectivity index (χ2n) is 3.39. The maximum atomic E-state index is 11.5. The van der Waals surface area contributed by atoms with Crippen LogP contribution < -0.4 is 5.32 Å². The van der Waals surface area contributed by atoms with Crippen molar-refractivity contribution in [3.8, 4) is 0 Å². The van der Waals surface area contributed by atoms with E-state index in [2.05, 4.69) is 10.3 Å². The van der Waals surface area contributed by atoms with Crippen LogP contribution in [0.3, 0.4) is 0 Å². The first kappa shape index (κ1) is 9.58. The summed E-state index contributed by atoms with van der Waals surface area (Å²) in [4.78, 5) is 15.3. The average Bonchev–Trinajstić information content (AvgIpc) is 2.87. The third kappa shape index (κ3) is 2.29. The quantitative estimate of drug-likeness (QED) is 0.799. The van der Waals surface area contributed by atoms with Crippen LogP contribution in [0, 0.1) is 5.92 Å². The Hall–Kier alpha value is -0.970. The van der Waals surface area contributed by atoms with E-state index < -0.39 is 0 Å². The van der Waals surface area contributed by atoms with E-state index in [0.29, 0.717) is 5.92 Å². The number of nitrogens with one attached hydrogen (secondary N) is 1. The van der Waals surface area contributed by atoms with E-state index in [1.165, 1.54) is 28.8 Å². The van der Waals surface area contributed by atoms with Gasteiger partial charge in [-0.1, -0.05) is 0 Å². The lowest BCUT2D eigenvalue weighted by molar-refractivity contribution is 0.241. The molecule has 4 nitrogen and oxygen atoms in total. The molecule has 0 aliphatic carbocycles. The third-order valence-corrected chi connectivity index (χ3v) is 3.54. The molecule has 1 aromatic heterocycles. The minimum Gasteiger partial charge on any atom is -0.337 e. The van der Waals surface area contributed by atoms with E-state index in [1.807, 2.05) is 11.8 Å². The summed E-state index contributed by atoms with van der Waals surface area (Å²) in [7, 11) is 0. The van der Waals surface area contributed by atoms with Gasteiger partial charge in [0.1, 0.15) is 6.33 Å². The van der Waals surface area contributed by atoms with Gasteiger partial charge >= 0.3 is 6.03 Å². The third-order valence-electron chi connectivity index (χ3n) is 2.30. The highest BCUT2D eigenvalue weighted by Crippen LogP contribution is 2.22. The van der Waals surface area contributed by atoms with Gasteiger partial charge in [-0.2, -0.15) is 11.8 Å². The fraction of sp³-hybridized carbons (Fsp3) is 0.556. The summed E-state index contributed by atoms with van der Waals surface area (Å²) in [5.41, 5.74) is 0. The van der Waals surface area contributed by atoms with Gasteiger partial charge in [0.2, 0.25) is 0 Å². The van der Waals surface area contributed by atoms with Gasteiger partial charge in [-0.3, -0.25) is 4.57 Å². The van der Waals surface area contributed by atoms with E-state index in [9.17, 15) is 4.79 Å². The van der Waals surface area contributed by atoms with Gasteiger partial charge in [0.05, 0.1) is 0 Å². The zero-order valence-corrected chi connectivity index (χ0v) is 8.67. The van der Waals surface area contributed by atoms with Crippen LogP contribution in [0.25, 0.3) is 0 Å². The smallest absolute Gasteiger partial charge is 0.326 e. The maximum Gasteiger partial charge on any atom is 0.326 e. The van der Waals surface area contributed by atoms with Crippen LogP contribution in [0.15, 0.2) is 18.7 Å². The predicted molar refractivity (Wildman–Crippen MR) is 56.5 cm³/mol. The normalized spacial score (nSPS) is 21.0. The molecule has 1 atom stereocenters. The molecule has 0 aromatic carbocycles. The lowest BCUT2D eigenvalue weighted by Gasteiger charge is -2.09. The van der Waals surface area contributed by atoms with E-state index in [4.69, 9.17) is 0 Å². The van der Waals surface area contributed by atoms with Crippen LogP contribution in [0.2, 0.25) is 0 Å². The Morgan fingerprint density at radius 1 is 1.71 bits per heavy atom. The molecular formula is C9H13N3OS. The zero-order valence-electron chi connectivity index (χ0n) is 7.85. The summed E-state index contributed by atoms with van der Waals surface area (Å²) in [6, 6.07) is -0.0839. The van der Waals surface area contributed by atoms with Crippen molar-refractivity contribution in [1.82, 2.24) is 14.9 Å². The minimum atomic E-state index is -0.0839. The summed E-state index contributed by atoms with van der Waals surface area (Å²) >= 11 is 1.96. The molecular weight excluding hydrogens is 198 g/mol. The Morgan fingerprint density at radius 2 is 2.64 bits per heavy atom. The number of nitrogens with zero attached hydrogens (tertiary/aromatic N) is 2. The Kier molecular flexibility index (Phi) is 3.08. The van der Waals surface area contributed by atoms with Crippen LogP contribution in [0.5, 0.6) is 0 Å². The van der Waals surface area contributed by atoms with E-state index >= 15 is 0 Å². The molecule has 76 valence electrons. The average molecular weight is 211 g/mol. The van der Waals surface area contributed by atoms with E-state index in [1.54, 1.807) is 12.4 Å². The Bertz CT molecular complexity index is 293. The second kappa shape index (κ2) is 4.50. The predicted octanol–water partition coefficient (Wildman–Crippen LogP) is 1.19. The highest BCUT2D eigenvalue weighted by molar-refractivity contribution is 7.99. The topological polar surface area (TPSA) is 46.9 Å². The van der Waals surface area contributed by atoms with Gasteiger partial charge in [-0.15, -0.1) is 0 Å². The highest BCUT2D eigenvalue weighted by Gasteiger charge is 2.16. The second-order valence-corrected chi connectivity index (χ2v) is 4.54. The zero-order chi connectivity index (χ0) is 9.80. The Labute approximate surface area is 87.1 Å². The number of carbonyl (C=O) groups is 1. The molecule has 1 amide bonds. The SMILES string of the molecule is O=C(NCC1CCSC1)n1ccnc1. The first-order valence-corrected chi connectivity index (χ1v) is 5.85. The number of imidazole rings is 1. The van der Waals surface area contributed by atoms with E-state index in [-0.39, 0.29) is 6.03 Å².